The molecule has 0 unspecified atom stereocenters. The van der Waals surface area contributed by atoms with E-state index in [0.717, 1.165) is 5.56 Å². The first-order valence-corrected chi connectivity index (χ1v) is 8.97. The van der Waals surface area contributed by atoms with Crippen LogP contribution in [0.25, 0.3) is 5.69 Å². The number of aryl methyl sites for hydroxylation is 1. The fourth-order valence-electron chi connectivity index (χ4n) is 2.98. The van der Waals surface area contributed by atoms with Gasteiger partial charge in [0.2, 0.25) is 5.91 Å². The first kappa shape index (κ1) is 19.7. The van der Waals surface area contributed by atoms with E-state index in [0.29, 0.717) is 24.2 Å². The molecule has 0 radical (unpaired) electrons. The molecule has 0 spiro atoms. The first-order chi connectivity index (χ1) is 14.0. The lowest BCUT2D eigenvalue weighted by Gasteiger charge is -2.11. The number of nitrogens with two attached hydrogens (primary N) is 1. The summed E-state index contributed by atoms with van der Waals surface area (Å²) in [6, 6.07) is 18.7. The fourth-order valence-corrected chi connectivity index (χ4v) is 2.98. The molecule has 7 nitrogen and oxygen atoms in total. The van der Waals surface area contributed by atoms with Crippen LogP contribution in [-0.2, 0) is 16.0 Å². The monoisotopic (exact) mass is 388 g/mol. The summed E-state index contributed by atoms with van der Waals surface area (Å²) >= 11 is 0. The van der Waals surface area contributed by atoms with Gasteiger partial charge in [0.25, 0.3) is 0 Å². The van der Waals surface area contributed by atoms with E-state index in [2.05, 4.69) is 5.32 Å². The highest BCUT2D eigenvalue weighted by molar-refractivity contribution is 5.96. The summed E-state index contributed by atoms with van der Waals surface area (Å²) in [6.07, 6.45) is 2.45. The van der Waals surface area contributed by atoms with Crippen LogP contribution in [0.4, 0.5) is 11.4 Å². The lowest BCUT2D eigenvalue weighted by atomic mass is 10.1. The number of ether oxygens (including phenoxy) is 1. The maximum atomic E-state index is 12.3. The molecule has 0 saturated heterocycles. The number of nitrogen functional groups attached to an aromatic ring is 1. The Bertz CT molecular complexity index is 1080. The van der Waals surface area contributed by atoms with Crippen molar-refractivity contribution in [3.8, 4) is 11.8 Å². The molecule has 3 N–H and O–H groups in total. The molecule has 7 heteroatoms. The molecule has 0 aliphatic rings. The lowest BCUT2D eigenvalue weighted by molar-refractivity contribution is -0.116. The molecule has 1 aromatic heterocycles. The van der Waals surface area contributed by atoms with Crippen LogP contribution in [0.5, 0.6) is 0 Å². The Kier molecular flexibility index (Phi) is 5.95. The highest BCUT2D eigenvalue weighted by Gasteiger charge is 2.21. The molecule has 29 heavy (non-hydrogen) atoms. The summed E-state index contributed by atoms with van der Waals surface area (Å²) in [6.45, 7) is 0. The predicted octanol–water partition coefficient (Wildman–Crippen LogP) is 3.29. The van der Waals surface area contributed by atoms with Crippen molar-refractivity contribution in [1.29, 1.82) is 5.26 Å². The van der Waals surface area contributed by atoms with Gasteiger partial charge < -0.3 is 20.4 Å². The number of carbonyl (C=O) groups excluding carboxylic acids is 2. The minimum absolute atomic E-state index is 0.0525. The number of nitrogens with one attached hydrogen (secondary N) is 1. The third-order valence-electron chi connectivity index (χ3n) is 4.44. The molecule has 2 aromatic carbocycles. The van der Waals surface area contributed by atoms with E-state index in [9.17, 15) is 14.9 Å². The van der Waals surface area contributed by atoms with Crippen molar-refractivity contribution in [3.05, 3.63) is 77.6 Å². The van der Waals surface area contributed by atoms with Crippen LogP contribution < -0.4 is 11.1 Å². The third kappa shape index (κ3) is 4.45. The molecule has 0 bridgehead atoms. The Morgan fingerprint density at radius 1 is 1.17 bits per heavy atom. The van der Waals surface area contributed by atoms with Gasteiger partial charge in [-0.3, -0.25) is 4.79 Å². The maximum Gasteiger partial charge on any atom is 0.357 e. The Morgan fingerprint density at radius 3 is 2.62 bits per heavy atom. The number of rotatable bonds is 6. The fraction of sp³-hybridized carbons (Fsp3) is 0.136. The Balaban J connectivity index is 1.80. The summed E-state index contributed by atoms with van der Waals surface area (Å²) in [5.74, 6) is -0.773. The van der Waals surface area contributed by atoms with Crippen molar-refractivity contribution in [3.63, 3.8) is 0 Å². The van der Waals surface area contributed by atoms with E-state index < -0.39 is 5.97 Å². The quantitative estimate of drug-likeness (QED) is 0.630. The van der Waals surface area contributed by atoms with Gasteiger partial charge in [-0.2, -0.15) is 5.26 Å². The number of aromatic nitrogens is 1. The number of hydrogen-bond donors (Lipinski definition) is 2. The molecule has 146 valence electrons. The van der Waals surface area contributed by atoms with Crippen molar-refractivity contribution < 1.29 is 14.3 Å². The smallest absolute Gasteiger partial charge is 0.357 e. The van der Waals surface area contributed by atoms with Crippen molar-refractivity contribution in [2.24, 2.45) is 0 Å². The van der Waals surface area contributed by atoms with Crippen LogP contribution in [0.2, 0.25) is 0 Å². The largest absolute Gasteiger partial charge is 0.464 e. The average molecular weight is 388 g/mol. The summed E-state index contributed by atoms with van der Waals surface area (Å²) in [4.78, 5) is 24.4. The zero-order valence-electron chi connectivity index (χ0n) is 15.9. The molecule has 0 saturated carbocycles. The molecule has 3 aromatic rings. The minimum atomic E-state index is -0.652. The van der Waals surface area contributed by atoms with Crippen molar-refractivity contribution in [2.45, 2.75) is 12.8 Å². The SMILES string of the molecule is COC(=O)c1c(N)c(C#N)cn1-c1cccc(NC(=O)CCc2ccccc2)c1. The predicted molar refractivity (Wildman–Crippen MR) is 110 cm³/mol. The minimum Gasteiger partial charge on any atom is -0.464 e. The average Bonchev–Trinajstić information content (AvgIpc) is 3.09. The van der Waals surface area contributed by atoms with Crippen LogP contribution in [0.15, 0.2) is 60.8 Å². The zero-order chi connectivity index (χ0) is 20.8. The molecule has 0 fully saturated rings. The number of benzene rings is 2. The Morgan fingerprint density at radius 2 is 1.93 bits per heavy atom. The molecule has 0 aliphatic carbocycles. The molecular formula is C22H20N4O3. The van der Waals surface area contributed by atoms with Crippen molar-refractivity contribution in [1.82, 2.24) is 4.57 Å². The molecular weight excluding hydrogens is 368 g/mol. The molecule has 1 heterocycles. The Labute approximate surface area is 168 Å². The normalized spacial score (nSPS) is 10.2. The summed E-state index contributed by atoms with van der Waals surface area (Å²) in [5, 5.41) is 12.1. The van der Waals surface area contributed by atoms with Gasteiger partial charge in [0.05, 0.1) is 18.4 Å². The van der Waals surface area contributed by atoms with E-state index in [-0.39, 0.29) is 22.9 Å². The number of carbonyl (C=O) groups is 2. The molecule has 0 atom stereocenters. The number of nitriles is 1. The van der Waals surface area contributed by atoms with Gasteiger partial charge in [-0.15, -0.1) is 0 Å². The van der Waals surface area contributed by atoms with Gasteiger partial charge >= 0.3 is 5.97 Å². The highest BCUT2D eigenvalue weighted by atomic mass is 16.5. The van der Waals surface area contributed by atoms with Crippen LogP contribution in [0.3, 0.4) is 0 Å². The molecule has 0 aliphatic heterocycles. The second kappa shape index (κ2) is 8.76. The number of esters is 1. The van der Waals surface area contributed by atoms with Crippen LogP contribution in [0, 0.1) is 11.3 Å². The second-order valence-electron chi connectivity index (χ2n) is 6.36. The number of methoxy groups -OCH3 is 1. The van der Waals surface area contributed by atoms with Gasteiger partial charge in [0.1, 0.15) is 6.07 Å². The van der Waals surface area contributed by atoms with Gasteiger partial charge in [-0.1, -0.05) is 36.4 Å². The number of anilines is 2. The van der Waals surface area contributed by atoms with Crippen LogP contribution >= 0.6 is 0 Å². The second-order valence-corrected chi connectivity index (χ2v) is 6.36. The van der Waals surface area contributed by atoms with E-state index >= 15 is 0 Å². The maximum absolute atomic E-state index is 12.3. The van der Waals surface area contributed by atoms with Gasteiger partial charge in [0.15, 0.2) is 5.69 Å². The van der Waals surface area contributed by atoms with Crippen molar-refractivity contribution in [2.75, 3.05) is 18.2 Å². The Hall–Kier alpha value is -4.05. The summed E-state index contributed by atoms with van der Waals surface area (Å²) in [7, 11) is 1.24. The van der Waals surface area contributed by atoms with E-state index in [1.54, 1.807) is 24.3 Å². The van der Waals surface area contributed by atoms with E-state index in [1.165, 1.54) is 17.9 Å². The number of hydrogen-bond acceptors (Lipinski definition) is 5. The van der Waals surface area contributed by atoms with E-state index in [4.69, 9.17) is 10.5 Å². The first-order valence-electron chi connectivity index (χ1n) is 8.97. The number of amides is 1. The highest BCUT2D eigenvalue weighted by Crippen LogP contribution is 2.26. The number of nitrogens with zero attached hydrogens (tertiary/aromatic N) is 2. The topological polar surface area (TPSA) is 110 Å². The molecule has 1 amide bonds. The third-order valence-corrected chi connectivity index (χ3v) is 4.44. The van der Waals surface area contributed by atoms with Gasteiger partial charge in [-0.05, 0) is 30.2 Å². The van der Waals surface area contributed by atoms with Crippen molar-refractivity contribution >= 4 is 23.3 Å². The summed E-state index contributed by atoms with van der Waals surface area (Å²) < 4.78 is 6.27. The lowest BCUT2D eigenvalue weighted by Crippen LogP contribution is -2.13. The molecule has 3 rings (SSSR count). The van der Waals surface area contributed by atoms with Crippen LogP contribution in [0.1, 0.15) is 28.0 Å². The van der Waals surface area contributed by atoms with E-state index in [1.807, 2.05) is 36.4 Å². The van der Waals surface area contributed by atoms with Gasteiger partial charge in [0, 0.05) is 24.0 Å². The van der Waals surface area contributed by atoms with Crippen LogP contribution in [-0.4, -0.2) is 23.6 Å². The zero-order valence-corrected chi connectivity index (χ0v) is 15.9. The summed E-state index contributed by atoms with van der Waals surface area (Å²) in [5.41, 5.74) is 8.45. The standard InChI is InChI=1S/C22H20N4O3/c1-29-22(28)21-20(24)16(13-23)14-26(21)18-9-5-8-17(12-18)25-19(27)11-10-15-6-3-2-4-7-15/h2-9,12,14H,10-11,24H2,1H3,(H,25,27). The van der Waals surface area contributed by atoms with Gasteiger partial charge in [-0.25, -0.2) is 4.79 Å².